The molecule has 0 heterocycles. The molecule has 0 aliphatic carbocycles. The van der Waals surface area contributed by atoms with E-state index in [0.29, 0.717) is 17.1 Å². The summed E-state index contributed by atoms with van der Waals surface area (Å²) in [6.07, 6.45) is 0.371. The van der Waals surface area contributed by atoms with Crippen LogP contribution >= 0.6 is 11.6 Å². The van der Waals surface area contributed by atoms with Crippen molar-refractivity contribution >= 4 is 23.3 Å². The van der Waals surface area contributed by atoms with Gasteiger partial charge in [0, 0.05) is 30.0 Å². The van der Waals surface area contributed by atoms with Crippen LogP contribution in [0.25, 0.3) is 0 Å². The lowest BCUT2D eigenvalue weighted by Gasteiger charge is -2.30. The van der Waals surface area contributed by atoms with Crippen molar-refractivity contribution in [1.29, 1.82) is 0 Å². The first kappa shape index (κ1) is 21.1. The first-order valence-electron chi connectivity index (χ1n) is 9.39. The lowest BCUT2D eigenvalue weighted by molar-refractivity contribution is -0.121. The van der Waals surface area contributed by atoms with Crippen molar-refractivity contribution in [2.45, 2.75) is 32.7 Å². The lowest BCUT2D eigenvalue weighted by Crippen LogP contribution is -2.38. The third-order valence-corrected chi connectivity index (χ3v) is 4.93. The molecule has 1 amide bonds. The minimum Gasteiger partial charge on any atom is -0.354 e. The number of amides is 1. The molecule has 2 aromatic carbocycles. The van der Waals surface area contributed by atoms with Gasteiger partial charge in [0.1, 0.15) is 0 Å². The first-order valence-corrected chi connectivity index (χ1v) is 9.77. The van der Waals surface area contributed by atoms with Gasteiger partial charge in [0.15, 0.2) is 5.78 Å². The van der Waals surface area contributed by atoms with E-state index in [-0.39, 0.29) is 30.6 Å². The van der Waals surface area contributed by atoms with Crippen molar-refractivity contribution in [3.63, 3.8) is 0 Å². The van der Waals surface area contributed by atoms with Gasteiger partial charge in [-0.05, 0) is 42.9 Å². The number of benzene rings is 2. The second-order valence-corrected chi connectivity index (χ2v) is 6.82. The predicted molar refractivity (Wildman–Crippen MR) is 110 cm³/mol. The van der Waals surface area contributed by atoms with Crippen LogP contribution in [0, 0.1) is 0 Å². The van der Waals surface area contributed by atoms with E-state index in [1.54, 1.807) is 24.3 Å². The van der Waals surface area contributed by atoms with Crippen LogP contribution in [0.2, 0.25) is 5.02 Å². The molecule has 4 nitrogen and oxygen atoms in total. The number of halogens is 1. The normalized spacial score (nSPS) is 12.0. The molecule has 0 fully saturated rings. The number of ketones is 1. The van der Waals surface area contributed by atoms with Crippen molar-refractivity contribution in [2.24, 2.45) is 0 Å². The van der Waals surface area contributed by atoms with Crippen molar-refractivity contribution in [1.82, 2.24) is 10.2 Å². The molecule has 0 radical (unpaired) electrons. The average Bonchev–Trinajstić information content (AvgIpc) is 2.70. The monoisotopic (exact) mass is 386 g/mol. The summed E-state index contributed by atoms with van der Waals surface area (Å²) >= 11 is 5.84. The maximum atomic E-state index is 12.3. The minimum absolute atomic E-state index is 0.0508. The fourth-order valence-corrected chi connectivity index (χ4v) is 3.23. The topological polar surface area (TPSA) is 49.4 Å². The van der Waals surface area contributed by atoms with Gasteiger partial charge >= 0.3 is 0 Å². The maximum Gasteiger partial charge on any atom is 0.220 e. The van der Waals surface area contributed by atoms with Crippen LogP contribution in [-0.4, -0.2) is 36.2 Å². The molecule has 1 unspecified atom stereocenters. The number of hydrogen-bond donors (Lipinski definition) is 1. The van der Waals surface area contributed by atoms with Crippen molar-refractivity contribution in [3.8, 4) is 0 Å². The number of likely N-dealkylation sites (N-methyl/N-ethyl adjacent to an activating group) is 1. The molecule has 2 aromatic rings. The molecule has 1 N–H and O–H groups in total. The SMILES string of the molecule is CCN(CC)C(CNC(=O)CCC(=O)c1ccc(Cl)cc1)c1ccccc1. The second-order valence-electron chi connectivity index (χ2n) is 6.38. The van der Waals surface area contributed by atoms with Crippen molar-refractivity contribution < 1.29 is 9.59 Å². The fraction of sp³-hybridized carbons (Fsp3) is 0.364. The number of Topliss-reactive ketones (excluding diaryl/α,β-unsaturated/α-hetero) is 1. The Kier molecular flexibility index (Phi) is 8.49. The quantitative estimate of drug-likeness (QED) is 0.611. The van der Waals surface area contributed by atoms with E-state index in [0.717, 1.165) is 13.1 Å². The van der Waals surface area contributed by atoms with Crippen LogP contribution in [0.5, 0.6) is 0 Å². The largest absolute Gasteiger partial charge is 0.354 e. The van der Waals surface area contributed by atoms with Gasteiger partial charge in [-0.3, -0.25) is 14.5 Å². The highest BCUT2D eigenvalue weighted by Crippen LogP contribution is 2.19. The Hall–Kier alpha value is -2.17. The van der Waals surface area contributed by atoms with E-state index in [4.69, 9.17) is 11.6 Å². The Labute approximate surface area is 166 Å². The second kappa shape index (κ2) is 10.9. The molecule has 0 saturated carbocycles. The van der Waals surface area contributed by atoms with Gasteiger partial charge in [0.05, 0.1) is 6.04 Å². The van der Waals surface area contributed by atoms with E-state index in [2.05, 4.69) is 36.2 Å². The molecule has 0 aliphatic heterocycles. The number of carbonyl (C=O) groups excluding carboxylic acids is 2. The summed E-state index contributed by atoms with van der Waals surface area (Å²) in [4.78, 5) is 26.8. The Morgan fingerprint density at radius 3 is 2.19 bits per heavy atom. The summed E-state index contributed by atoms with van der Waals surface area (Å²) in [5.74, 6) is -0.157. The van der Waals surface area contributed by atoms with Gasteiger partial charge < -0.3 is 5.32 Å². The number of nitrogens with zero attached hydrogens (tertiary/aromatic N) is 1. The van der Waals surface area contributed by atoms with Gasteiger partial charge in [-0.1, -0.05) is 55.8 Å². The molecule has 27 heavy (non-hydrogen) atoms. The standard InChI is InChI=1S/C22H27ClN2O2/c1-3-25(4-2)20(17-8-6-5-7-9-17)16-24-22(27)15-14-21(26)18-10-12-19(23)13-11-18/h5-13,20H,3-4,14-16H2,1-2H3,(H,24,27). The number of hydrogen-bond acceptors (Lipinski definition) is 3. The zero-order valence-corrected chi connectivity index (χ0v) is 16.7. The van der Waals surface area contributed by atoms with E-state index < -0.39 is 0 Å². The molecule has 0 spiro atoms. The van der Waals surface area contributed by atoms with E-state index >= 15 is 0 Å². The third-order valence-electron chi connectivity index (χ3n) is 4.68. The molecular weight excluding hydrogens is 360 g/mol. The molecule has 1 atom stereocenters. The van der Waals surface area contributed by atoms with E-state index in [9.17, 15) is 9.59 Å². The zero-order chi connectivity index (χ0) is 19.6. The zero-order valence-electron chi connectivity index (χ0n) is 16.0. The van der Waals surface area contributed by atoms with Crippen molar-refractivity contribution in [3.05, 3.63) is 70.7 Å². The maximum absolute atomic E-state index is 12.3. The molecule has 0 bridgehead atoms. The van der Waals surface area contributed by atoms with Crippen LogP contribution in [0.15, 0.2) is 54.6 Å². The van der Waals surface area contributed by atoms with E-state index in [1.807, 2.05) is 18.2 Å². The van der Waals surface area contributed by atoms with Gasteiger partial charge in [-0.15, -0.1) is 0 Å². The van der Waals surface area contributed by atoms with Gasteiger partial charge in [0.2, 0.25) is 5.91 Å². The molecular formula is C22H27ClN2O2. The summed E-state index contributed by atoms with van der Waals surface area (Å²) in [6.45, 7) is 6.57. The molecule has 5 heteroatoms. The van der Waals surface area contributed by atoms with Crippen molar-refractivity contribution in [2.75, 3.05) is 19.6 Å². The summed E-state index contributed by atoms with van der Waals surface area (Å²) in [5, 5.41) is 3.58. The average molecular weight is 387 g/mol. The Morgan fingerprint density at radius 1 is 0.963 bits per heavy atom. The molecule has 2 rings (SSSR count). The van der Waals surface area contributed by atoms with Crippen LogP contribution in [0.3, 0.4) is 0 Å². The predicted octanol–water partition coefficient (Wildman–Crippen LogP) is 4.50. The third kappa shape index (κ3) is 6.49. The van der Waals surface area contributed by atoms with Crippen LogP contribution in [-0.2, 0) is 4.79 Å². The van der Waals surface area contributed by atoms with Gasteiger partial charge in [-0.2, -0.15) is 0 Å². The Morgan fingerprint density at radius 2 is 1.59 bits per heavy atom. The molecule has 0 aliphatic rings. The van der Waals surface area contributed by atoms with Crippen LogP contribution in [0.4, 0.5) is 0 Å². The fourth-order valence-electron chi connectivity index (χ4n) is 3.10. The molecule has 144 valence electrons. The van der Waals surface area contributed by atoms with Gasteiger partial charge in [-0.25, -0.2) is 0 Å². The summed E-state index contributed by atoms with van der Waals surface area (Å²) in [7, 11) is 0. The highest BCUT2D eigenvalue weighted by molar-refractivity contribution is 6.30. The number of nitrogens with one attached hydrogen (secondary N) is 1. The van der Waals surface area contributed by atoms with Crippen LogP contribution < -0.4 is 5.32 Å². The van der Waals surface area contributed by atoms with Crippen LogP contribution in [0.1, 0.15) is 48.7 Å². The molecule has 0 aromatic heterocycles. The number of rotatable bonds is 10. The highest BCUT2D eigenvalue weighted by Gasteiger charge is 2.19. The first-order chi connectivity index (χ1) is 13.0. The van der Waals surface area contributed by atoms with E-state index in [1.165, 1.54) is 5.56 Å². The minimum atomic E-state index is -0.106. The Balaban J connectivity index is 1.89. The Bertz CT molecular complexity index is 728. The summed E-state index contributed by atoms with van der Waals surface area (Å²) in [6, 6.07) is 17.0. The highest BCUT2D eigenvalue weighted by atomic mass is 35.5. The molecule has 0 saturated heterocycles. The summed E-state index contributed by atoms with van der Waals surface area (Å²) in [5.41, 5.74) is 1.76. The smallest absolute Gasteiger partial charge is 0.220 e. The number of carbonyl (C=O) groups is 2. The lowest BCUT2D eigenvalue weighted by atomic mass is 10.0. The van der Waals surface area contributed by atoms with Gasteiger partial charge in [0.25, 0.3) is 0 Å². The summed E-state index contributed by atoms with van der Waals surface area (Å²) < 4.78 is 0.